The molecule has 0 radical (unpaired) electrons. The van der Waals surface area contributed by atoms with Crippen molar-refractivity contribution in [2.24, 2.45) is 0 Å². The molecular formula is C23H17NO6. The summed E-state index contributed by atoms with van der Waals surface area (Å²) in [4.78, 5) is 36.1. The quantitative estimate of drug-likeness (QED) is 0.382. The average molecular weight is 403 g/mol. The Morgan fingerprint density at radius 3 is 2.60 bits per heavy atom. The molecule has 7 heteroatoms. The molecule has 150 valence electrons. The molecule has 3 aromatic heterocycles. The number of furan rings is 1. The van der Waals surface area contributed by atoms with Crippen LogP contribution in [0.4, 0.5) is 0 Å². The summed E-state index contributed by atoms with van der Waals surface area (Å²) in [5, 5.41) is 9.69. The van der Waals surface area contributed by atoms with E-state index in [4.69, 9.17) is 9.15 Å². The zero-order valence-corrected chi connectivity index (χ0v) is 16.2. The van der Waals surface area contributed by atoms with Gasteiger partial charge in [-0.05, 0) is 43.3 Å². The SMILES string of the molecule is COc1c(C)c(C(=O)c2ccc(-c3ccc(C=O)o3)c(C(=O)O)c2)n2ccccc12. The number of fused-ring (bicyclic) bond motifs is 1. The van der Waals surface area contributed by atoms with Crippen molar-refractivity contribution in [3.05, 3.63) is 82.9 Å². The number of benzene rings is 1. The number of carbonyl (C=O) groups excluding carboxylic acids is 2. The number of pyridine rings is 1. The number of hydrogen-bond acceptors (Lipinski definition) is 5. The topological polar surface area (TPSA) is 98.2 Å². The van der Waals surface area contributed by atoms with Crippen molar-refractivity contribution in [1.82, 2.24) is 4.40 Å². The van der Waals surface area contributed by atoms with Crippen LogP contribution in [0.2, 0.25) is 0 Å². The Hall–Kier alpha value is -4.13. The van der Waals surface area contributed by atoms with Crippen molar-refractivity contribution in [3.63, 3.8) is 0 Å². The third kappa shape index (κ3) is 2.97. The second-order valence-electron chi connectivity index (χ2n) is 6.68. The van der Waals surface area contributed by atoms with Crippen molar-refractivity contribution in [3.8, 4) is 17.1 Å². The van der Waals surface area contributed by atoms with Crippen molar-refractivity contribution in [2.75, 3.05) is 7.11 Å². The highest BCUT2D eigenvalue weighted by Crippen LogP contribution is 2.33. The van der Waals surface area contributed by atoms with Gasteiger partial charge in [-0.1, -0.05) is 12.1 Å². The first-order valence-corrected chi connectivity index (χ1v) is 9.07. The van der Waals surface area contributed by atoms with Gasteiger partial charge in [-0.25, -0.2) is 4.79 Å². The molecule has 0 saturated heterocycles. The van der Waals surface area contributed by atoms with E-state index in [0.29, 0.717) is 23.3 Å². The number of carbonyl (C=O) groups is 3. The Bertz CT molecular complexity index is 1310. The summed E-state index contributed by atoms with van der Waals surface area (Å²) in [6, 6.07) is 12.8. The van der Waals surface area contributed by atoms with E-state index in [0.717, 1.165) is 5.52 Å². The molecule has 30 heavy (non-hydrogen) atoms. The highest BCUT2D eigenvalue weighted by molar-refractivity contribution is 6.12. The monoisotopic (exact) mass is 403 g/mol. The summed E-state index contributed by atoms with van der Waals surface area (Å²) in [5.74, 6) is -0.633. The standard InChI is InChI=1S/C23H17NO6/c1-13-20(24-10-4-3-5-18(24)22(13)29-2)21(26)14-6-8-16(17(11-14)23(27)28)19-9-7-15(12-25)30-19/h3-12H,1-2H3,(H,27,28). The molecule has 0 fully saturated rings. The van der Waals surface area contributed by atoms with Crippen LogP contribution in [-0.2, 0) is 0 Å². The second-order valence-corrected chi connectivity index (χ2v) is 6.68. The predicted molar refractivity (Wildman–Crippen MR) is 109 cm³/mol. The molecule has 0 spiro atoms. The molecule has 0 amide bonds. The van der Waals surface area contributed by atoms with Gasteiger partial charge in [0.05, 0.1) is 18.2 Å². The number of hydrogen-bond donors (Lipinski definition) is 1. The lowest BCUT2D eigenvalue weighted by atomic mass is 9.98. The molecule has 0 bridgehead atoms. The zero-order valence-electron chi connectivity index (χ0n) is 16.2. The molecule has 0 aliphatic carbocycles. The Labute approximate surface area is 171 Å². The third-order valence-corrected chi connectivity index (χ3v) is 4.97. The first-order valence-electron chi connectivity index (χ1n) is 9.07. The minimum absolute atomic E-state index is 0.0869. The number of aldehydes is 1. The smallest absolute Gasteiger partial charge is 0.336 e. The number of nitrogens with zero attached hydrogens (tertiary/aromatic N) is 1. The van der Waals surface area contributed by atoms with Crippen LogP contribution in [0.3, 0.4) is 0 Å². The van der Waals surface area contributed by atoms with E-state index < -0.39 is 5.97 Å². The van der Waals surface area contributed by atoms with Crippen LogP contribution in [0.1, 0.15) is 42.5 Å². The predicted octanol–water partition coefficient (Wildman–Crippen LogP) is 4.26. The number of ketones is 1. The highest BCUT2D eigenvalue weighted by Gasteiger charge is 2.24. The third-order valence-electron chi connectivity index (χ3n) is 4.97. The van der Waals surface area contributed by atoms with Crippen LogP contribution in [0.25, 0.3) is 16.8 Å². The summed E-state index contributed by atoms with van der Waals surface area (Å²) in [7, 11) is 1.54. The maximum absolute atomic E-state index is 13.3. The lowest BCUT2D eigenvalue weighted by molar-refractivity contribution is 0.0697. The first-order chi connectivity index (χ1) is 14.5. The van der Waals surface area contributed by atoms with Gasteiger partial charge in [0.1, 0.15) is 17.2 Å². The molecular weight excluding hydrogens is 386 g/mol. The summed E-state index contributed by atoms with van der Waals surface area (Å²) >= 11 is 0. The minimum Gasteiger partial charge on any atom is -0.494 e. The summed E-state index contributed by atoms with van der Waals surface area (Å²) in [5.41, 5.74) is 2.20. The molecule has 0 saturated carbocycles. The Morgan fingerprint density at radius 1 is 1.13 bits per heavy atom. The molecule has 1 aromatic carbocycles. The molecule has 1 N–H and O–H groups in total. The summed E-state index contributed by atoms with van der Waals surface area (Å²) in [6.07, 6.45) is 2.30. The van der Waals surface area contributed by atoms with E-state index in [2.05, 4.69) is 0 Å². The number of aromatic carboxylic acids is 1. The van der Waals surface area contributed by atoms with Gasteiger partial charge in [-0.15, -0.1) is 0 Å². The fraction of sp³-hybridized carbons (Fsp3) is 0.0870. The minimum atomic E-state index is -1.21. The maximum atomic E-state index is 13.3. The molecule has 0 aliphatic rings. The van der Waals surface area contributed by atoms with Crippen molar-refractivity contribution < 1.29 is 28.6 Å². The van der Waals surface area contributed by atoms with E-state index in [1.54, 1.807) is 29.7 Å². The van der Waals surface area contributed by atoms with Crippen LogP contribution >= 0.6 is 0 Å². The molecule has 7 nitrogen and oxygen atoms in total. The fourth-order valence-corrected chi connectivity index (χ4v) is 3.62. The number of methoxy groups -OCH3 is 1. The van der Waals surface area contributed by atoms with Gasteiger partial charge in [0, 0.05) is 22.9 Å². The van der Waals surface area contributed by atoms with Gasteiger partial charge < -0.3 is 18.7 Å². The van der Waals surface area contributed by atoms with Crippen LogP contribution in [-0.4, -0.2) is 34.7 Å². The van der Waals surface area contributed by atoms with E-state index >= 15 is 0 Å². The normalized spacial score (nSPS) is 10.9. The van der Waals surface area contributed by atoms with Gasteiger partial charge in [0.15, 0.2) is 12.0 Å². The molecule has 0 unspecified atom stereocenters. The largest absolute Gasteiger partial charge is 0.494 e. The molecule has 0 atom stereocenters. The number of aromatic nitrogens is 1. The highest BCUT2D eigenvalue weighted by atomic mass is 16.5. The Morgan fingerprint density at radius 2 is 1.93 bits per heavy atom. The fourth-order valence-electron chi connectivity index (χ4n) is 3.62. The summed E-state index contributed by atoms with van der Waals surface area (Å²) < 4.78 is 12.6. The molecule has 4 rings (SSSR count). The van der Waals surface area contributed by atoms with E-state index in [9.17, 15) is 19.5 Å². The van der Waals surface area contributed by atoms with Crippen molar-refractivity contribution in [2.45, 2.75) is 6.92 Å². The van der Waals surface area contributed by atoms with Crippen LogP contribution < -0.4 is 4.74 Å². The van der Waals surface area contributed by atoms with E-state index in [1.165, 1.54) is 31.4 Å². The zero-order chi connectivity index (χ0) is 21.4. The maximum Gasteiger partial charge on any atom is 0.336 e. The summed E-state index contributed by atoms with van der Waals surface area (Å²) in [6.45, 7) is 1.79. The van der Waals surface area contributed by atoms with Crippen molar-refractivity contribution >= 4 is 23.6 Å². The van der Waals surface area contributed by atoms with Gasteiger partial charge >= 0.3 is 5.97 Å². The Kier molecular flexibility index (Phi) is 4.71. The molecule has 4 aromatic rings. The van der Waals surface area contributed by atoms with Crippen molar-refractivity contribution in [1.29, 1.82) is 0 Å². The molecule has 0 aliphatic heterocycles. The molecule has 3 heterocycles. The van der Waals surface area contributed by atoms with Crippen LogP contribution in [0.5, 0.6) is 5.75 Å². The van der Waals surface area contributed by atoms with Crippen LogP contribution in [0.15, 0.2) is 59.1 Å². The van der Waals surface area contributed by atoms with E-state index in [1.807, 2.05) is 12.1 Å². The number of carboxylic acids is 1. The van der Waals surface area contributed by atoms with Gasteiger partial charge in [-0.2, -0.15) is 0 Å². The second kappa shape index (κ2) is 7.36. The first kappa shape index (κ1) is 19.2. The lowest BCUT2D eigenvalue weighted by Gasteiger charge is -2.08. The van der Waals surface area contributed by atoms with Gasteiger partial charge in [0.2, 0.25) is 5.78 Å². The van der Waals surface area contributed by atoms with Gasteiger partial charge in [-0.3, -0.25) is 9.59 Å². The van der Waals surface area contributed by atoms with E-state index in [-0.39, 0.29) is 34.0 Å². The van der Waals surface area contributed by atoms with Crippen LogP contribution in [0, 0.1) is 6.92 Å². The lowest BCUT2D eigenvalue weighted by Crippen LogP contribution is -2.09. The average Bonchev–Trinajstić information content (AvgIpc) is 3.34. The number of ether oxygens (including phenoxy) is 1. The Balaban J connectivity index is 1.86. The number of rotatable bonds is 6. The number of carboxylic acid groups (broad SMARTS) is 1. The van der Waals surface area contributed by atoms with Gasteiger partial charge in [0.25, 0.3) is 0 Å².